The van der Waals surface area contributed by atoms with Crippen molar-refractivity contribution in [2.45, 2.75) is 6.92 Å². The third kappa shape index (κ3) is 7.35. The van der Waals surface area contributed by atoms with Gasteiger partial charge in [0.1, 0.15) is 5.75 Å². The van der Waals surface area contributed by atoms with Crippen molar-refractivity contribution < 1.29 is 19.2 Å². The van der Waals surface area contributed by atoms with Gasteiger partial charge in [-0.05, 0) is 64.8 Å². The number of amides is 2. The number of nitrogens with one attached hydrogen (secondary N) is 2. The molecule has 0 aliphatic carbocycles. The molecule has 9 nitrogen and oxygen atoms in total. The number of aryl methyl sites for hydroxylation is 1. The number of non-ortho nitro benzene ring substituents is 1. The SMILES string of the molecule is Cc1ccc(NC(=O)COc2c(Br)cc(Br)cc2/C=N/NC(=O)c2ccc([N+](=O)[O-])cc2)cc1Cl. The highest BCUT2D eigenvalue weighted by Crippen LogP contribution is 2.32. The van der Waals surface area contributed by atoms with E-state index in [1.54, 1.807) is 30.3 Å². The molecule has 0 fully saturated rings. The van der Waals surface area contributed by atoms with E-state index in [1.165, 1.54) is 30.5 Å². The number of anilines is 1. The molecule has 0 radical (unpaired) electrons. The van der Waals surface area contributed by atoms with E-state index in [9.17, 15) is 19.7 Å². The second kappa shape index (κ2) is 11.9. The summed E-state index contributed by atoms with van der Waals surface area (Å²) in [5, 5.41) is 17.9. The summed E-state index contributed by atoms with van der Waals surface area (Å²) in [4.78, 5) is 34.8. The van der Waals surface area contributed by atoms with Gasteiger partial charge in [-0.1, -0.05) is 33.6 Å². The van der Waals surface area contributed by atoms with Gasteiger partial charge in [-0.2, -0.15) is 5.10 Å². The summed E-state index contributed by atoms with van der Waals surface area (Å²) in [6.07, 6.45) is 1.35. The van der Waals surface area contributed by atoms with E-state index in [4.69, 9.17) is 16.3 Å². The zero-order valence-electron chi connectivity index (χ0n) is 18.1. The van der Waals surface area contributed by atoms with E-state index < -0.39 is 16.7 Å². The van der Waals surface area contributed by atoms with Crippen LogP contribution in [0.15, 0.2) is 68.6 Å². The molecule has 35 heavy (non-hydrogen) atoms. The summed E-state index contributed by atoms with van der Waals surface area (Å²) >= 11 is 12.9. The van der Waals surface area contributed by atoms with Gasteiger partial charge in [0.25, 0.3) is 17.5 Å². The highest BCUT2D eigenvalue weighted by atomic mass is 79.9. The maximum atomic E-state index is 12.4. The lowest BCUT2D eigenvalue weighted by molar-refractivity contribution is -0.384. The Morgan fingerprint density at radius 2 is 1.86 bits per heavy atom. The van der Waals surface area contributed by atoms with Crippen LogP contribution in [0.2, 0.25) is 5.02 Å². The molecule has 3 aromatic carbocycles. The van der Waals surface area contributed by atoms with Gasteiger partial charge in [-0.15, -0.1) is 0 Å². The molecule has 0 saturated heterocycles. The van der Waals surface area contributed by atoms with Crippen LogP contribution in [0.4, 0.5) is 11.4 Å². The van der Waals surface area contributed by atoms with Gasteiger partial charge >= 0.3 is 0 Å². The monoisotopic (exact) mass is 622 g/mol. The molecule has 0 saturated carbocycles. The van der Waals surface area contributed by atoms with Gasteiger partial charge in [-0.25, -0.2) is 5.43 Å². The Balaban J connectivity index is 1.67. The number of ether oxygens (including phenoxy) is 1. The fourth-order valence-corrected chi connectivity index (χ4v) is 4.35. The number of nitro benzene ring substituents is 1. The van der Waals surface area contributed by atoms with Crippen molar-refractivity contribution in [1.29, 1.82) is 0 Å². The number of halogens is 3. The Labute approximate surface area is 221 Å². The molecule has 2 N–H and O–H groups in total. The lowest BCUT2D eigenvalue weighted by atomic mass is 10.2. The number of hydrogen-bond acceptors (Lipinski definition) is 6. The van der Waals surface area contributed by atoms with E-state index in [0.717, 1.165) is 5.56 Å². The van der Waals surface area contributed by atoms with E-state index in [0.29, 0.717) is 31.0 Å². The number of hydrogen-bond donors (Lipinski definition) is 2. The first-order valence-electron chi connectivity index (χ1n) is 9.89. The number of hydrazone groups is 1. The molecule has 0 bridgehead atoms. The van der Waals surface area contributed by atoms with Gasteiger partial charge in [0, 0.05) is 38.4 Å². The predicted octanol–water partition coefficient (Wildman–Crippen LogP) is 5.86. The zero-order chi connectivity index (χ0) is 25.5. The summed E-state index contributed by atoms with van der Waals surface area (Å²) in [5.41, 5.74) is 4.34. The van der Waals surface area contributed by atoms with Gasteiger partial charge in [0.15, 0.2) is 6.61 Å². The summed E-state index contributed by atoms with van der Waals surface area (Å²) in [7, 11) is 0. The average molecular weight is 625 g/mol. The standard InChI is InChI=1S/C23H17Br2ClN4O5/c1-13-2-5-17(10-20(13)26)28-21(31)12-35-22-15(8-16(24)9-19(22)25)11-27-29-23(32)14-3-6-18(7-4-14)30(33)34/h2-11H,12H2,1H3,(H,28,31)(H,29,32)/b27-11+. The molecule has 0 aliphatic rings. The molecule has 0 aliphatic heterocycles. The number of rotatable bonds is 8. The Hall–Kier alpha value is -3.28. The molecule has 180 valence electrons. The Kier molecular flexibility index (Phi) is 8.96. The van der Waals surface area contributed by atoms with Crippen molar-refractivity contribution >= 4 is 72.9 Å². The largest absolute Gasteiger partial charge is 0.482 e. The van der Waals surface area contributed by atoms with Crippen LogP contribution in [-0.4, -0.2) is 29.6 Å². The normalized spacial score (nSPS) is 10.7. The van der Waals surface area contributed by atoms with Crippen LogP contribution in [0.1, 0.15) is 21.5 Å². The smallest absolute Gasteiger partial charge is 0.271 e. The number of carbonyl (C=O) groups is 2. The fraction of sp³-hybridized carbons (Fsp3) is 0.0870. The van der Waals surface area contributed by atoms with Crippen LogP contribution < -0.4 is 15.5 Å². The minimum atomic E-state index is -0.553. The Morgan fingerprint density at radius 1 is 1.14 bits per heavy atom. The molecule has 12 heteroatoms. The Morgan fingerprint density at radius 3 is 2.51 bits per heavy atom. The summed E-state index contributed by atoms with van der Waals surface area (Å²) in [6, 6.07) is 13.7. The third-order valence-corrected chi connectivity index (χ3v) is 6.00. The molecule has 0 heterocycles. The third-order valence-electron chi connectivity index (χ3n) is 4.55. The number of benzene rings is 3. The summed E-state index contributed by atoms with van der Waals surface area (Å²) in [6.45, 7) is 1.57. The van der Waals surface area contributed by atoms with Crippen LogP contribution in [0.5, 0.6) is 5.75 Å². The topological polar surface area (TPSA) is 123 Å². The minimum Gasteiger partial charge on any atom is -0.482 e. The highest BCUT2D eigenvalue weighted by Gasteiger charge is 2.13. The average Bonchev–Trinajstić information content (AvgIpc) is 2.80. The van der Waals surface area contributed by atoms with Gasteiger partial charge < -0.3 is 10.1 Å². The van der Waals surface area contributed by atoms with Crippen LogP contribution in [0, 0.1) is 17.0 Å². The van der Waals surface area contributed by atoms with E-state index in [1.807, 2.05) is 6.92 Å². The van der Waals surface area contributed by atoms with Crippen LogP contribution in [0.25, 0.3) is 0 Å². The molecule has 0 atom stereocenters. The second-order valence-electron chi connectivity index (χ2n) is 7.11. The summed E-state index contributed by atoms with van der Waals surface area (Å²) in [5.74, 6) is -0.614. The fourth-order valence-electron chi connectivity index (χ4n) is 2.79. The van der Waals surface area contributed by atoms with E-state index in [-0.39, 0.29) is 17.9 Å². The Bertz CT molecular complexity index is 1320. The minimum absolute atomic E-state index is 0.125. The first-order valence-corrected chi connectivity index (χ1v) is 11.9. The van der Waals surface area contributed by atoms with Crippen LogP contribution >= 0.6 is 43.5 Å². The van der Waals surface area contributed by atoms with Crippen LogP contribution in [0.3, 0.4) is 0 Å². The maximum Gasteiger partial charge on any atom is 0.271 e. The van der Waals surface area contributed by atoms with Crippen molar-refractivity contribution in [2.75, 3.05) is 11.9 Å². The van der Waals surface area contributed by atoms with Gasteiger partial charge in [-0.3, -0.25) is 19.7 Å². The van der Waals surface area contributed by atoms with E-state index >= 15 is 0 Å². The molecule has 2 amide bonds. The van der Waals surface area contributed by atoms with Gasteiger partial charge in [0.2, 0.25) is 0 Å². The zero-order valence-corrected chi connectivity index (χ0v) is 22.0. The molecule has 0 spiro atoms. The molecular weight excluding hydrogens is 608 g/mol. The predicted molar refractivity (Wildman–Crippen MR) is 140 cm³/mol. The van der Waals surface area contributed by atoms with Crippen molar-refractivity contribution in [3.05, 3.63) is 95.4 Å². The first kappa shape index (κ1) is 26.3. The van der Waals surface area contributed by atoms with Crippen molar-refractivity contribution in [3.63, 3.8) is 0 Å². The first-order chi connectivity index (χ1) is 16.6. The van der Waals surface area contributed by atoms with E-state index in [2.05, 4.69) is 47.7 Å². The number of carbonyl (C=O) groups excluding carboxylic acids is 2. The lowest BCUT2D eigenvalue weighted by Crippen LogP contribution is -2.21. The van der Waals surface area contributed by atoms with Crippen LogP contribution in [-0.2, 0) is 4.79 Å². The molecule has 3 rings (SSSR count). The van der Waals surface area contributed by atoms with Gasteiger partial charge in [0.05, 0.1) is 15.6 Å². The van der Waals surface area contributed by atoms with Crippen molar-refractivity contribution in [2.24, 2.45) is 5.10 Å². The highest BCUT2D eigenvalue weighted by molar-refractivity contribution is 9.11. The van der Waals surface area contributed by atoms with Crippen molar-refractivity contribution in [3.8, 4) is 5.75 Å². The van der Waals surface area contributed by atoms with Crippen molar-refractivity contribution in [1.82, 2.24) is 5.43 Å². The quantitative estimate of drug-likeness (QED) is 0.185. The molecular formula is C23H17Br2ClN4O5. The second-order valence-corrected chi connectivity index (χ2v) is 9.29. The molecule has 0 unspecified atom stereocenters. The number of nitrogens with zero attached hydrogens (tertiary/aromatic N) is 2. The maximum absolute atomic E-state index is 12.4. The molecule has 0 aromatic heterocycles. The number of nitro groups is 1. The molecule has 3 aromatic rings. The summed E-state index contributed by atoms with van der Waals surface area (Å²) < 4.78 is 6.97. The lowest BCUT2D eigenvalue weighted by Gasteiger charge is -2.12.